The van der Waals surface area contributed by atoms with E-state index in [0.717, 1.165) is 17.5 Å². The third-order valence-corrected chi connectivity index (χ3v) is 3.10. The SMILES string of the molecule is CCc1cn[nH]c1NC(=O)/C=C/c1cc(Cl)cc(Cl)c1. The summed E-state index contributed by atoms with van der Waals surface area (Å²) < 4.78 is 0. The molecule has 0 fully saturated rings. The lowest BCUT2D eigenvalue weighted by Gasteiger charge is -2.01. The first kappa shape index (κ1) is 14.6. The second-order valence-electron chi connectivity index (χ2n) is 4.15. The Morgan fingerprint density at radius 1 is 1.35 bits per heavy atom. The topological polar surface area (TPSA) is 57.8 Å². The van der Waals surface area contributed by atoms with Gasteiger partial charge in [-0.15, -0.1) is 0 Å². The molecule has 20 heavy (non-hydrogen) atoms. The van der Waals surface area contributed by atoms with Gasteiger partial charge in [-0.2, -0.15) is 5.10 Å². The second-order valence-corrected chi connectivity index (χ2v) is 5.02. The normalized spacial score (nSPS) is 10.9. The molecule has 0 aliphatic rings. The lowest BCUT2D eigenvalue weighted by Crippen LogP contribution is -2.09. The monoisotopic (exact) mass is 309 g/mol. The van der Waals surface area contributed by atoms with E-state index < -0.39 is 0 Å². The van der Waals surface area contributed by atoms with Gasteiger partial charge in [0, 0.05) is 21.7 Å². The van der Waals surface area contributed by atoms with Gasteiger partial charge in [0.15, 0.2) is 0 Å². The van der Waals surface area contributed by atoms with Crippen LogP contribution in [0.15, 0.2) is 30.5 Å². The molecule has 0 aliphatic heterocycles. The van der Waals surface area contributed by atoms with Crippen molar-refractivity contribution in [2.75, 3.05) is 5.32 Å². The number of hydrogen-bond acceptors (Lipinski definition) is 2. The summed E-state index contributed by atoms with van der Waals surface area (Å²) in [6.07, 6.45) is 5.55. The number of amides is 1. The highest BCUT2D eigenvalue weighted by molar-refractivity contribution is 6.34. The fraction of sp³-hybridized carbons (Fsp3) is 0.143. The molecule has 1 amide bonds. The van der Waals surface area contributed by atoms with E-state index in [2.05, 4.69) is 15.5 Å². The molecule has 0 radical (unpaired) electrons. The molecule has 0 atom stereocenters. The molecule has 0 unspecified atom stereocenters. The van der Waals surface area contributed by atoms with Crippen LogP contribution in [0.5, 0.6) is 0 Å². The van der Waals surface area contributed by atoms with Crippen LogP contribution in [0.3, 0.4) is 0 Å². The van der Waals surface area contributed by atoms with Crippen molar-refractivity contribution < 1.29 is 4.79 Å². The largest absolute Gasteiger partial charge is 0.307 e. The average molecular weight is 310 g/mol. The zero-order valence-corrected chi connectivity index (χ0v) is 12.3. The average Bonchev–Trinajstić information content (AvgIpc) is 2.82. The third-order valence-electron chi connectivity index (χ3n) is 2.66. The number of carbonyl (C=O) groups excluding carboxylic acids is 1. The number of nitrogens with zero attached hydrogens (tertiary/aromatic N) is 1. The van der Waals surface area contributed by atoms with Crippen LogP contribution >= 0.6 is 23.2 Å². The zero-order valence-electron chi connectivity index (χ0n) is 10.8. The van der Waals surface area contributed by atoms with Gasteiger partial charge in [-0.05, 0) is 36.3 Å². The Morgan fingerprint density at radius 2 is 2.05 bits per heavy atom. The van der Waals surface area contributed by atoms with Crippen molar-refractivity contribution in [2.45, 2.75) is 13.3 Å². The van der Waals surface area contributed by atoms with E-state index in [-0.39, 0.29) is 5.91 Å². The van der Waals surface area contributed by atoms with Gasteiger partial charge in [-0.25, -0.2) is 0 Å². The first-order valence-corrected chi connectivity index (χ1v) is 6.81. The summed E-state index contributed by atoms with van der Waals surface area (Å²) in [6, 6.07) is 5.09. The molecule has 0 bridgehead atoms. The molecule has 1 heterocycles. The molecule has 2 rings (SSSR count). The maximum atomic E-state index is 11.8. The van der Waals surface area contributed by atoms with Gasteiger partial charge in [-0.3, -0.25) is 9.89 Å². The lowest BCUT2D eigenvalue weighted by molar-refractivity contribution is -0.111. The molecule has 0 saturated heterocycles. The van der Waals surface area contributed by atoms with Gasteiger partial charge >= 0.3 is 0 Å². The van der Waals surface area contributed by atoms with E-state index in [9.17, 15) is 4.79 Å². The Balaban J connectivity index is 2.06. The second kappa shape index (κ2) is 6.59. The quantitative estimate of drug-likeness (QED) is 0.841. The van der Waals surface area contributed by atoms with E-state index in [4.69, 9.17) is 23.2 Å². The summed E-state index contributed by atoms with van der Waals surface area (Å²) in [5.41, 5.74) is 1.72. The van der Waals surface area contributed by atoms with Crippen LogP contribution in [0.2, 0.25) is 10.0 Å². The van der Waals surface area contributed by atoms with Crippen LogP contribution in [-0.2, 0) is 11.2 Å². The van der Waals surface area contributed by atoms with Gasteiger partial charge in [-0.1, -0.05) is 30.1 Å². The number of carbonyl (C=O) groups is 1. The highest BCUT2D eigenvalue weighted by Crippen LogP contribution is 2.20. The fourth-order valence-corrected chi connectivity index (χ4v) is 2.24. The number of halogens is 2. The first-order valence-electron chi connectivity index (χ1n) is 6.06. The molecular formula is C14H13Cl2N3O. The van der Waals surface area contributed by atoms with Gasteiger partial charge < -0.3 is 5.32 Å². The van der Waals surface area contributed by atoms with E-state index in [1.54, 1.807) is 30.5 Å². The van der Waals surface area contributed by atoms with Crippen molar-refractivity contribution in [3.8, 4) is 0 Å². The number of aromatic amines is 1. The number of nitrogens with one attached hydrogen (secondary N) is 2. The molecule has 0 aliphatic carbocycles. The van der Waals surface area contributed by atoms with Gasteiger partial charge in [0.1, 0.15) is 5.82 Å². The summed E-state index contributed by atoms with van der Waals surface area (Å²) >= 11 is 11.8. The highest BCUT2D eigenvalue weighted by atomic mass is 35.5. The molecule has 2 N–H and O–H groups in total. The van der Waals surface area contributed by atoms with E-state index in [0.29, 0.717) is 15.9 Å². The Hall–Kier alpha value is -1.78. The number of rotatable bonds is 4. The number of anilines is 1. The standard InChI is InChI=1S/C14H13Cl2N3O/c1-2-10-8-17-19-14(10)18-13(20)4-3-9-5-11(15)7-12(16)6-9/h3-8H,2H2,1H3,(H2,17,18,19,20)/b4-3+. The predicted octanol–water partition coefficient (Wildman–Crippen LogP) is 3.93. The highest BCUT2D eigenvalue weighted by Gasteiger charge is 2.05. The summed E-state index contributed by atoms with van der Waals surface area (Å²) in [5, 5.41) is 10.4. The van der Waals surface area contributed by atoms with Crippen LogP contribution in [0.25, 0.3) is 6.08 Å². The lowest BCUT2D eigenvalue weighted by atomic mass is 10.2. The summed E-state index contributed by atoms with van der Waals surface area (Å²) in [5.74, 6) is 0.367. The van der Waals surface area contributed by atoms with Crippen molar-refractivity contribution in [1.82, 2.24) is 10.2 Å². The van der Waals surface area contributed by atoms with Gasteiger partial charge in [0.2, 0.25) is 5.91 Å². The molecule has 1 aromatic carbocycles. The van der Waals surface area contributed by atoms with Gasteiger partial charge in [0.05, 0.1) is 6.20 Å². The van der Waals surface area contributed by atoms with Crippen molar-refractivity contribution in [1.29, 1.82) is 0 Å². The number of aromatic nitrogens is 2. The molecule has 0 spiro atoms. The van der Waals surface area contributed by atoms with Crippen molar-refractivity contribution in [3.63, 3.8) is 0 Å². The van der Waals surface area contributed by atoms with E-state index in [1.165, 1.54) is 6.08 Å². The number of H-pyrrole nitrogens is 1. The Morgan fingerprint density at radius 3 is 2.70 bits per heavy atom. The number of aryl methyl sites for hydroxylation is 1. The van der Waals surface area contributed by atoms with Crippen molar-refractivity contribution in [2.24, 2.45) is 0 Å². The number of benzene rings is 1. The minimum Gasteiger partial charge on any atom is -0.307 e. The van der Waals surface area contributed by atoms with Crippen LogP contribution < -0.4 is 5.32 Å². The zero-order chi connectivity index (χ0) is 14.5. The maximum Gasteiger partial charge on any atom is 0.249 e. The summed E-state index contributed by atoms with van der Waals surface area (Å²) in [4.78, 5) is 11.8. The summed E-state index contributed by atoms with van der Waals surface area (Å²) in [6.45, 7) is 1.99. The minimum atomic E-state index is -0.250. The molecule has 6 heteroatoms. The minimum absolute atomic E-state index is 0.250. The fourth-order valence-electron chi connectivity index (χ4n) is 1.70. The first-order chi connectivity index (χ1) is 9.58. The molecular weight excluding hydrogens is 297 g/mol. The summed E-state index contributed by atoms with van der Waals surface area (Å²) in [7, 11) is 0. The Bertz CT molecular complexity index is 629. The molecule has 4 nitrogen and oxygen atoms in total. The molecule has 2 aromatic rings. The molecule has 0 saturated carbocycles. The van der Waals surface area contributed by atoms with Crippen molar-refractivity contribution in [3.05, 3.63) is 51.6 Å². The number of hydrogen-bond donors (Lipinski definition) is 2. The van der Waals surface area contributed by atoms with Crippen LogP contribution in [0.1, 0.15) is 18.1 Å². The Labute approximate surface area is 126 Å². The van der Waals surface area contributed by atoms with Crippen LogP contribution in [0.4, 0.5) is 5.82 Å². The van der Waals surface area contributed by atoms with Crippen LogP contribution in [-0.4, -0.2) is 16.1 Å². The molecule has 104 valence electrons. The van der Waals surface area contributed by atoms with Crippen LogP contribution in [0, 0.1) is 0 Å². The van der Waals surface area contributed by atoms with E-state index >= 15 is 0 Å². The predicted molar refractivity (Wildman–Crippen MR) is 82.1 cm³/mol. The smallest absolute Gasteiger partial charge is 0.249 e. The van der Waals surface area contributed by atoms with Crippen molar-refractivity contribution >= 4 is 41.0 Å². The Kier molecular flexibility index (Phi) is 4.82. The third kappa shape index (κ3) is 3.85. The van der Waals surface area contributed by atoms with Gasteiger partial charge in [0.25, 0.3) is 0 Å². The maximum absolute atomic E-state index is 11.8. The molecule has 1 aromatic heterocycles. The van der Waals surface area contributed by atoms with E-state index in [1.807, 2.05) is 6.92 Å².